The smallest absolute Gasteiger partial charge is 0.262 e. The van der Waals surface area contributed by atoms with Crippen LogP contribution in [0.3, 0.4) is 0 Å². The molecule has 0 radical (unpaired) electrons. The van der Waals surface area contributed by atoms with Crippen LogP contribution < -0.4 is 4.74 Å². The van der Waals surface area contributed by atoms with Gasteiger partial charge in [-0.15, -0.1) is 0 Å². The van der Waals surface area contributed by atoms with E-state index in [0.29, 0.717) is 18.9 Å². The van der Waals surface area contributed by atoms with Gasteiger partial charge in [0.2, 0.25) is 5.88 Å². The molecule has 0 saturated heterocycles. The van der Waals surface area contributed by atoms with Gasteiger partial charge in [0.15, 0.2) is 0 Å². The lowest BCUT2D eigenvalue weighted by molar-refractivity contribution is 0.308. The number of hydrogen-bond donors (Lipinski definition) is 0. The Bertz CT molecular complexity index is 630. The summed E-state index contributed by atoms with van der Waals surface area (Å²) in [5.41, 5.74) is 0.919. The van der Waals surface area contributed by atoms with Crippen LogP contribution in [0.5, 0.6) is 5.88 Å². The number of nitrogens with zero attached hydrogens (tertiary/aromatic N) is 2. The Morgan fingerprint density at radius 2 is 2.00 bits per heavy atom. The molecule has 0 aliphatic rings. The van der Waals surface area contributed by atoms with Crippen LogP contribution in [0.4, 0.5) is 0 Å². The topological polar surface area (TPSA) is 69.2 Å². The lowest BCUT2D eigenvalue weighted by Crippen LogP contribution is -2.04. The van der Waals surface area contributed by atoms with Gasteiger partial charge in [-0.2, -0.15) is 0 Å². The zero-order valence-electron chi connectivity index (χ0n) is 9.86. The Hall–Kier alpha value is -1.66. The fourth-order valence-electron chi connectivity index (χ4n) is 1.40. The summed E-state index contributed by atoms with van der Waals surface area (Å²) in [5.74, 6) is 0.347. The second kappa shape index (κ2) is 5.99. The van der Waals surface area contributed by atoms with Crippen molar-refractivity contribution in [1.29, 1.82) is 0 Å². The van der Waals surface area contributed by atoms with E-state index < -0.39 is 9.05 Å². The van der Waals surface area contributed by atoms with E-state index in [1.165, 1.54) is 18.3 Å². The summed E-state index contributed by atoms with van der Waals surface area (Å²) in [6.07, 6.45) is 3.53. The summed E-state index contributed by atoms with van der Waals surface area (Å²) in [7, 11) is 1.44. The molecule has 0 aliphatic heterocycles. The molecule has 0 unspecified atom stereocenters. The highest BCUT2D eigenvalue weighted by Gasteiger charge is 2.10. The van der Waals surface area contributed by atoms with Gasteiger partial charge in [-0.3, -0.25) is 4.98 Å². The molecule has 0 spiro atoms. The van der Waals surface area contributed by atoms with Crippen molar-refractivity contribution < 1.29 is 13.2 Å². The van der Waals surface area contributed by atoms with Crippen LogP contribution >= 0.6 is 10.7 Å². The number of rotatable bonds is 5. The highest BCUT2D eigenvalue weighted by atomic mass is 35.7. The van der Waals surface area contributed by atoms with E-state index in [4.69, 9.17) is 15.4 Å². The first-order valence-electron chi connectivity index (χ1n) is 5.49. The number of ether oxygens (including phenoxy) is 1. The first-order valence-corrected chi connectivity index (χ1v) is 7.80. The maximum absolute atomic E-state index is 11.0. The fourth-order valence-corrected chi connectivity index (χ4v) is 2.09. The zero-order valence-corrected chi connectivity index (χ0v) is 11.4. The summed E-state index contributed by atoms with van der Waals surface area (Å²) in [6, 6.07) is 8.47. The van der Waals surface area contributed by atoms with Gasteiger partial charge in [0, 0.05) is 35.1 Å². The van der Waals surface area contributed by atoms with Crippen molar-refractivity contribution in [3.8, 4) is 5.88 Å². The number of pyridine rings is 2. The van der Waals surface area contributed by atoms with E-state index in [1.807, 2.05) is 18.2 Å². The first-order chi connectivity index (χ1) is 9.05. The number of hydrogen-bond acceptors (Lipinski definition) is 5. The van der Waals surface area contributed by atoms with Gasteiger partial charge in [0.05, 0.1) is 12.8 Å². The van der Waals surface area contributed by atoms with Gasteiger partial charge in [0.25, 0.3) is 9.05 Å². The standard InChI is InChI=1S/C12H11ClN2O3S/c13-19(16,17)11-4-5-12(15-9-11)18-8-6-10-3-1-2-7-14-10/h1-5,7,9H,6,8H2. The minimum Gasteiger partial charge on any atom is -0.477 e. The van der Waals surface area contributed by atoms with E-state index in [1.54, 1.807) is 6.20 Å². The molecule has 2 aromatic rings. The minimum absolute atomic E-state index is 0.0498. The molecule has 0 aromatic carbocycles. The monoisotopic (exact) mass is 298 g/mol. The molecule has 7 heteroatoms. The minimum atomic E-state index is -3.74. The number of aromatic nitrogens is 2. The highest BCUT2D eigenvalue weighted by Crippen LogP contribution is 2.16. The Morgan fingerprint density at radius 3 is 2.58 bits per heavy atom. The van der Waals surface area contributed by atoms with Crippen molar-refractivity contribution >= 4 is 19.7 Å². The predicted octanol–water partition coefficient (Wildman–Crippen LogP) is 2.03. The molecular formula is C12H11ClN2O3S. The third kappa shape index (κ3) is 4.18. The second-order valence-electron chi connectivity index (χ2n) is 3.69. The molecule has 0 fully saturated rings. The molecular weight excluding hydrogens is 288 g/mol. The van der Waals surface area contributed by atoms with Crippen LogP contribution in [-0.4, -0.2) is 25.0 Å². The van der Waals surface area contributed by atoms with Gasteiger partial charge >= 0.3 is 0 Å². The van der Waals surface area contributed by atoms with E-state index in [2.05, 4.69) is 9.97 Å². The van der Waals surface area contributed by atoms with Crippen LogP contribution in [-0.2, 0) is 15.5 Å². The van der Waals surface area contributed by atoms with E-state index >= 15 is 0 Å². The van der Waals surface area contributed by atoms with Crippen molar-refractivity contribution in [2.75, 3.05) is 6.61 Å². The maximum Gasteiger partial charge on any atom is 0.262 e. The van der Waals surface area contributed by atoms with Gasteiger partial charge in [0.1, 0.15) is 4.90 Å². The quantitative estimate of drug-likeness (QED) is 0.790. The Balaban J connectivity index is 1.90. The van der Waals surface area contributed by atoms with Crippen LogP contribution in [0.25, 0.3) is 0 Å². The molecule has 0 amide bonds. The zero-order chi connectivity index (χ0) is 13.7. The Kier molecular flexibility index (Phi) is 4.34. The summed E-state index contributed by atoms with van der Waals surface area (Å²) < 4.78 is 27.4. The van der Waals surface area contributed by atoms with Gasteiger partial charge in [-0.05, 0) is 18.2 Å². The molecule has 0 aliphatic carbocycles. The first kappa shape index (κ1) is 13.8. The van der Waals surface area contributed by atoms with Gasteiger partial charge in [-0.1, -0.05) is 6.07 Å². The van der Waals surface area contributed by atoms with Gasteiger partial charge < -0.3 is 4.74 Å². The Labute approximate surface area is 115 Å². The van der Waals surface area contributed by atoms with Crippen LogP contribution in [0, 0.1) is 0 Å². The summed E-state index contributed by atoms with van der Waals surface area (Å²) in [4.78, 5) is 7.98. The van der Waals surface area contributed by atoms with Crippen LogP contribution in [0.2, 0.25) is 0 Å². The second-order valence-corrected chi connectivity index (χ2v) is 6.26. The molecule has 5 nitrogen and oxygen atoms in total. The SMILES string of the molecule is O=S(=O)(Cl)c1ccc(OCCc2ccccn2)nc1. The molecule has 0 bridgehead atoms. The maximum atomic E-state index is 11.0. The van der Waals surface area contributed by atoms with Crippen molar-refractivity contribution in [3.63, 3.8) is 0 Å². The molecule has 2 aromatic heterocycles. The molecule has 0 N–H and O–H groups in total. The summed E-state index contributed by atoms with van der Waals surface area (Å²) >= 11 is 0. The third-order valence-corrected chi connectivity index (χ3v) is 3.66. The van der Waals surface area contributed by atoms with Crippen molar-refractivity contribution in [2.24, 2.45) is 0 Å². The van der Waals surface area contributed by atoms with E-state index in [9.17, 15) is 8.42 Å². The Morgan fingerprint density at radius 1 is 1.16 bits per heavy atom. The van der Waals surface area contributed by atoms with Crippen molar-refractivity contribution in [2.45, 2.75) is 11.3 Å². The molecule has 0 atom stereocenters. The molecule has 100 valence electrons. The average molecular weight is 299 g/mol. The van der Waals surface area contributed by atoms with Crippen molar-refractivity contribution in [1.82, 2.24) is 9.97 Å². The molecule has 19 heavy (non-hydrogen) atoms. The highest BCUT2D eigenvalue weighted by molar-refractivity contribution is 8.13. The summed E-state index contributed by atoms with van der Waals surface area (Å²) in [6.45, 7) is 0.414. The normalized spacial score (nSPS) is 11.2. The lowest BCUT2D eigenvalue weighted by atomic mass is 10.3. The third-order valence-electron chi connectivity index (χ3n) is 2.33. The molecule has 2 rings (SSSR count). The molecule has 0 saturated carbocycles. The van der Waals surface area contributed by atoms with Crippen LogP contribution in [0.1, 0.15) is 5.69 Å². The number of halogens is 1. The van der Waals surface area contributed by atoms with E-state index in [0.717, 1.165) is 5.69 Å². The predicted molar refractivity (Wildman–Crippen MR) is 70.7 cm³/mol. The van der Waals surface area contributed by atoms with Crippen LogP contribution in [0.15, 0.2) is 47.6 Å². The lowest BCUT2D eigenvalue weighted by Gasteiger charge is -2.05. The van der Waals surface area contributed by atoms with E-state index in [-0.39, 0.29) is 4.90 Å². The molecule has 2 heterocycles. The van der Waals surface area contributed by atoms with Gasteiger partial charge in [-0.25, -0.2) is 13.4 Å². The van der Waals surface area contributed by atoms with Crippen molar-refractivity contribution in [3.05, 3.63) is 48.4 Å². The largest absolute Gasteiger partial charge is 0.477 e. The summed E-state index contributed by atoms with van der Waals surface area (Å²) in [5, 5.41) is 0. The fraction of sp³-hybridized carbons (Fsp3) is 0.167. The average Bonchev–Trinajstić information content (AvgIpc) is 2.39.